The van der Waals surface area contributed by atoms with E-state index in [-0.39, 0.29) is 18.1 Å². The number of fused-ring (bicyclic) bond motifs is 1. The van der Waals surface area contributed by atoms with Gasteiger partial charge in [0.1, 0.15) is 4.21 Å². The minimum Gasteiger partial charge on any atom is -0.286 e. The molecule has 1 N–H and O–H groups in total. The van der Waals surface area contributed by atoms with E-state index in [0.717, 1.165) is 26.8 Å². The van der Waals surface area contributed by atoms with Crippen LogP contribution in [0.5, 0.6) is 0 Å². The summed E-state index contributed by atoms with van der Waals surface area (Å²) in [6.07, 6.45) is 0. The fourth-order valence-electron chi connectivity index (χ4n) is 4.66. The van der Waals surface area contributed by atoms with Crippen molar-refractivity contribution in [1.82, 2.24) is 9.62 Å². The van der Waals surface area contributed by atoms with Crippen molar-refractivity contribution >= 4 is 66.2 Å². The molecule has 0 bridgehead atoms. The van der Waals surface area contributed by atoms with Gasteiger partial charge in [-0.3, -0.25) is 4.90 Å². The van der Waals surface area contributed by atoms with Crippen LogP contribution >= 0.6 is 46.1 Å². The van der Waals surface area contributed by atoms with Crippen molar-refractivity contribution in [1.29, 1.82) is 0 Å². The largest absolute Gasteiger partial charge is 0.286 e. The third-order valence-electron chi connectivity index (χ3n) is 6.62. The summed E-state index contributed by atoms with van der Waals surface area (Å²) in [5, 5.41) is 2.81. The maximum atomic E-state index is 13.4. The summed E-state index contributed by atoms with van der Waals surface area (Å²) in [5.41, 5.74) is 2.90. The quantitative estimate of drug-likeness (QED) is 0.267. The van der Waals surface area contributed by atoms with Gasteiger partial charge in [0.05, 0.1) is 12.1 Å². The third kappa shape index (κ3) is 4.86. The first-order chi connectivity index (χ1) is 16.6. The van der Waals surface area contributed by atoms with Gasteiger partial charge in [-0.2, -0.15) is 0 Å². The Bertz CT molecular complexity index is 1440. The van der Waals surface area contributed by atoms with Crippen molar-refractivity contribution in [3.8, 4) is 0 Å². The monoisotopic (exact) mass is 564 g/mol. The number of likely N-dealkylation sites (tertiary alicyclic amines) is 1. The first-order valence-corrected chi connectivity index (χ1v) is 14.5. The van der Waals surface area contributed by atoms with Crippen LogP contribution in [0.2, 0.25) is 15.1 Å². The summed E-state index contributed by atoms with van der Waals surface area (Å²) in [5.74, 6) is 0. The van der Waals surface area contributed by atoms with Gasteiger partial charge in [0.15, 0.2) is 0 Å². The van der Waals surface area contributed by atoms with E-state index in [2.05, 4.69) is 9.62 Å². The van der Waals surface area contributed by atoms with Crippen LogP contribution in [0.1, 0.15) is 29.7 Å². The van der Waals surface area contributed by atoms with Crippen LogP contribution in [-0.4, -0.2) is 31.9 Å². The number of nitrogens with zero attached hydrogens (tertiary/aromatic N) is 1. The Hall–Kier alpha value is -1.64. The molecule has 0 aliphatic carbocycles. The van der Waals surface area contributed by atoms with E-state index < -0.39 is 10.0 Å². The number of sulfonamides is 1. The molecular weight excluding hydrogens is 543 g/mol. The van der Waals surface area contributed by atoms with Gasteiger partial charge >= 0.3 is 0 Å². The molecule has 0 radical (unpaired) electrons. The minimum absolute atomic E-state index is 0.0229. The summed E-state index contributed by atoms with van der Waals surface area (Å²) < 4.78 is 30.9. The zero-order chi connectivity index (χ0) is 24.9. The number of thiophene rings is 1. The zero-order valence-electron chi connectivity index (χ0n) is 19.0. The van der Waals surface area contributed by atoms with Gasteiger partial charge in [0.2, 0.25) is 0 Å². The standard InChI is InChI=1S/C26H23Cl3N2O2S2/c1-15-22-13-21(29)11-12-24(22)34-26(15)35(32,33)30-23-14-31(16(23)2)25(17-3-7-19(27)8-4-17)18-5-9-20(28)10-6-18/h3-13,16,23,25,30H,14H2,1-2H3/t16-,23+/m0/s1. The number of halogens is 3. The molecule has 2 heterocycles. The molecule has 4 nitrogen and oxygen atoms in total. The van der Waals surface area contributed by atoms with E-state index in [9.17, 15) is 8.42 Å². The molecule has 4 aromatic rings. The van der Waals surface area contributed by atoms with E-state index in [4.69, 9.17) is 34.8 Å². The van der Waals surface area contributed by atoms with Crippen molar-refractivity contribution in [2.75, 3.05) is 6.54 Å². The van der Waals surface area contributed by atoms with Gasteiger partial charge in [-0.05, 0) is 78.4 Å². The molecule has 1 aliphatic rings. The van der Waals surface area contributed by atoms with E-state index in [1.54, 1.807) is 6.07 Å². The molecule has 1 fully saturated rings. The Labute approximate surface area is 224 Å². The predicted molar refractivity (Wildman–Crippen MR) is 147 cm³/mol. The molecule has 182 valence electrons. The van der Waals surface area contributed by atoms with Crippen molar-refractivity contribution in [3.05, 3.63) is 98.5 Å². The fraction of sp³-hybridized carbons (Fsp3) is 0.231. The van der Waals surface area contributed by atoms with Crippen molar-refractivity contribution in [3.63, 3.8) is 0 Å². The molecule has 0 amide bonds. The number of rotatable bonds is 6. The third-order valence-corrected chi connectivity index (χ3v) is 10.7. The minimum atomic E-state index is -3.68. The molecular formula is C26H23Cl3N2O2S2. The lowest BCUT2D eigenvalue weighted by molar-refractivity contribution is 0.0370. The smallest absolute Gasteiger partial charge is 0.250 e. The maximum Gasteiger partial charge on any atom is 0.250 e. The number of nitrogens with one attached hydrogen (secondary N) is 1. The van der Waals surface area contributed by atoms with E-state index in [1.165, 1.54) is 11.3 Å². The van der Waals surface area contributed by atoms with Gasteiger partial charge in [-0.15, -0.1) is 11.3 Å². The van der Waals surface area contributed by atoms with E-state index in [1.807, 2.05) is 74.5 Å². The number of aryl methyl sites for hydroxylation is 1. The van der Waals surface area contributed by atoms with Gasteiger partial charge in [0, 0.05) is 32.4 Å². The Morgan fingerprint density at radius 3 is 2.00 bits per heavy atom. The lowest BCUT2D eigenvalue weighted by Gasteiger charge is -2.50. The molecule has 1 aliphatic heterocycles. The van der Waals surface area contributed by atoms with E-state index in [0.29, 0.717) is 25.8 Å². The highest BCUT2D eigenvalue weighted by Crippen LogP contribution is 2.39. The molecule has 3 aromatic carbocycles. The van der Waals surface area contributed by atoms with E-state index >= 15 is 0 Å². The highest BCUT2D eigenvalue weighted by Gasteiger charge is 2.43. The van der Waals surface area contributed by atoms with Crippen LogP contribution in [0, 0.1) is 6.92 Å². The Morgan fingerprint density at radius 1 is 0.914 bits per heavy atom. The lowest BCUT2D eigenvalue weighted by atomic mass is 9.89. The van der Waals surface area contributed by atoms with Gasteiger partial charge in [-0.1, -0.05) is 59.1 Å². The molecule has 0 unspecified atom stereocenters. The average Bonchev–Trinajstić information content (AvgIpc) is 3.16. The molecule has 5 rings (SSSR count). The van der Waals surface area contributed by atoms with Gasteiger partial charge < -0.3 is 0 Å². The molecule has 0 spiro atoms. The Morgan fingerprint density at radius 2 is 1.46 bits per heavy atom. The maximum absolute atomic E-state index is 13.4. The summed E-state index contributed by atoms with van der Waals surface area (Å²) in [4.78, 5) is 2.29. The molecule has 2 atom stereocenters. The van der Waals surface area contributed by atoms with Crippen LogP contribution < -0.4 is 4.72 Å². The first kappa shape index (κ1) is 25.0. The van der Waals surface area contributed by atoms with Gasteiger partial charge in [-0.25, -0.2) is 13.1 Å². The summed E-state index contributed by atoms with van der Waals surface area (Å²) in [7, 11) is -3.68. The second-order valence-corrected chi connectivity index (χ2v) is 13.1. The zero-order valence-corrected chi connectivity index (χ0v) is 22.9. The number of hydrogen-bond donors (Lipinski definition) is 1. The van der Waals surface area contributed by atoms with Crippen LogP contribution in [-0.2, 0) is 10.0 Å². The van der Waals surface area contributed by atoms with Crippen molar-refractivity contribution in [2.45, 2.75) is 36.2 Å². The summed E-state index contributed by atoms with van der Waals surface area (Å²) in [6, 6.07) is 20.7. The summed E-state index contributed by atoms with van der Waals surface area (Å²) in [6.45, 7) is 4.45. The molecule has 1 aromatic heterocycles. The lowest BCUT2D eigenvalue weighted by Crippen LogP contribution is -2.66. The number of benzene rings is 3. The van der Waals surface area contributed by atoms with Crippen LogP contribution in [0.25, 0.3) is 10.1 Å². The van der Waals surface area contributed by atoms with Crippen LogP contribution in [0.15, 0.2) is 70.9 Å². The highest BCUT2D eigenvalue weighted by atomic mass is 35.5. The van der Waals surface area contributed by atoms with Crippen molar-refractivity contribution in [2.24, 2.45) is 0 Å². The second-order valence-electron chi connectivity index (χ2n) is 8.83. The topological polar surface area (TPSA) is 49.4 Å². The molecule has 35 heavy (non-hydrogen) atoms. The Kier molecular flexibility index (Phi) is 6.92. The normalized spacial score (nSPS) is 18.8. The fourth-order valence-corrected chi connectivity index (χ4v) is 8.15. The first-order valence-electron chi connectivity index (χ1n) is 11.1. The average molecular weight is 566 g/mol. The SMILES string of the molecule is Cc1c(S(=O)(=O)N[C@@H]2CN(C(c3ccc(Cl)cc3)c3ccc(Cl)cc3)[C@H]2C)sc2ccc(Cl)cc12. The predicted octanol–water partition coefficient (Wildman–Crippen LogP) is 7.31. The Balaban J connectivity index is 1.40. The van der Waals surface area contributed by atoms with Crippen LogP contribution in [0.3, 0.4) is 0 Å². The summed E-state index contributed by atoms with van der Waals surface area (Å²) >= 11 is 19.7. The van der Waals surface area contributed by atoms with Gasteiger partial charge in [0.25, 0.3) is 10.0 Å². The number of hydrogen-bond acceptors (Lipinski definition) is 4. The van der Waals surface area contributed by atoms with Crippen molar-refractivity contribution < 1.29 is 8.42 Å². The molecule has 1 saturated heterocycles. The van der Waals surface area contributed by atoms with Crippen LogP contribution in [0.4, 0.5) is 0 Å². The second kappa shape index (κ2) is 9.67. The highest BCUT2D eigenvalue weighted by molar-refractivity contribution is 7.91. The molecule has 0 saturated carbocycles. The molecule has 9 heteroatoms.